The van der Waals surface area contributed by atoms with E-state index in [1.807, 2.05) is 54.6 Å². The van der Waals surface area contributed by atoms with E-state index in [1.165, 1.54) is 15.6 Å². The van der Waals surface area contributed by atoms with Crippen molar-refractivity contribution in [2.45, 2.75) is 37.4 Å². The smallest absolute Gasteiger partial charge is 0.266 e. The molecule has 42 heavy (non-hydrogen) atoms. The van der Waals surface area contributed by atoms with Crippen LogP contribution in [0.4, 0.5) is 5.69 Å². The molecule has 2 aliphatic rings. The second-order valence-corrected chi connectivity index (χ2v) is 13.8. The summed E-state index contributed by atoms with van der Waals surface area (Å²) in [5.41, 5.74) is 2.58. The van der Waals surface area contributed by atoms with E-state index in [0.29, 0.717) is 24.6 Å². The van der Waals surface area contributed by atoms with Gasteiger partial charge in [-0.3, -0.25) is 14.8 Å². The molecule has 2 aliphatic heterocycles. The lowest BCUT2D eigenvalue weighted by Crippen LogP contribution is -2.64. The Labute approximate surface area is 256 Å². The highest BCUT2D eigenvalue weighted by atomic mass is 35.5. The molecule has 3 aromatic rings. The third-order valence-corrected chi connectivity index (χ3v) is 11.8. The van der Waals surface area contributed by atoms with Gasteiger partial charge in [-0.05, 0) is 61.0 Å². The van der Waals surface area contributed by atoms with Crippen LogP contribution in [0.5, 0.6) is 5.75 Å². The third kappa shape index (κ3) is 6.23. The summed E-state index contributed by atoms with van der Waals surface area (Å²) in [6.07, 6.45) is 1.86. The Hall–Kier alpha value is -2.90. The Kier molecular flexibility index (Phi) is 10.4. The Morgan fingerprint density at radius 1 is 1.00 bits per heavy atom. The fourth-order valence-electron chi connectivity index (χ4n) is 5.54. The molecule has 2 saturated heterocycles. The number of sulfonamides is 1. The van der Waals surface area contributed by atoms with Gasteiger partial charge < -0.3 is 14.5 Å². The van der Waals surface area contributed by atoms with E-state index in [1.54, 1.807) is 10.4 Å². The molecule has 2 fully saturated rings. The Balaban J connectivity index is 0.00000405. The predicted octanol–water partition coefficient (Wildman–Crippen LogP) is 4.13. The molecule has 0 radical (unpaired) electrons. The fraction of sp³-hybridized carbons (Fsp3) is 0.448. The molecule has 13 heteroatoms. The van der Waals surface area contributed by atoms with Crippen molar-refractivity contribution in [1.82, 2.24) is 14.7 Å². The van der Waals surface area contributed by atoms with Crippen LogP contribution in [0.1, 0.15) is 42.3 Å². The van der Waals surface area contributed by atoms with Crippen molar-refractivity contribution in [3.05, 3.63) is 59.5 Å². The lowest BCUT2D eigenvalue weighted by molar-refractivity contribution is -0.133. The number of nitrogens with zero attached hydrogens (tertiary/aromatic N) is 3. The van der Waals surface area contributed by atoms with Gasteiger partial charge in [-0.25, -0.2) is 13.9 Å². The van der Waals surface area contributed by atoms with Gasteiger partial charge >= 0.3 is 0 Å². The molecule has 2 amide bonds. The van der Waals surface area contributed by atoms with Gasteiger partial charge in [0.1, 0.15) is 5.75 Å². The number of amides is 2. The number of fused-ring (bicyclic) bond motifs is 1. The predicted molar refractivity (Wildman–Crippen MR) is 166 cm³/mol. The van der Waals surface area contributed by atoms with Crippen LogP contribution in [0.15, 0.2) is 54.6 Å². The van der Waals surface area contributed by atoms with Crippen LogP contribution in [-0.4, -0.2) is 85.3 Å². The molecule has 0 spiro atoms. The first kappa shape index (κ1) is 32.0. The molecule has 3 heterocycles. The van der Waals surface area contributed by atoms with E-state index in [4.69, 9.17) is 4.74 Å². The van der Waals surface area contributed by atoms with Crippen LogP contribution in [0.2, 0.25) is 0 Å². The molecule has 0 atom stereocenters. The van der Waals surface area contributed by atoms with Crippen molar-refractivity contribution in [1.29, 1.82) is 0 Å². The molecular formula is C29H37ClN4O6S2. The summed E-state index contributed by atoms with van der Waals surface area (Å²) in [7, 11) is -4.14. The normalized spacial score (nSPS) is 17.5. The zero-order valence-electron chi connectivity index (χ0n) is 23.5. The minimum atomic E-state index is -4.14. The minimum absolute atomic E-state index is 0. The van der Waals surface area contributed by atoms with Gasteiger partial charge in [0, 0.05) is 49.7 Å². The van der Waals surface area contributed by atoms with Crippen molar-refractivity contribution in [3.63, 3.8) is 0 Å². The SMILES string of the molecule is CCCCOc1ccc(N2CCN(S(=O)(=O)C3(C(=O)NO)CCN(C(=O)c4cc5ccccc5s4)CC3)CC2)cc1.Cl. The van der Waals surface area contributed by atoms with Gasteiger partial charge in [0.25, 0.3) is 11.8 Å². The molecule has 5 rings (SSSR count). The second-order valence-electron chi connectivity index (χ2n) is 10.5. The Morgan fingerprint density at radius 3 is 2.29 bits per heavy atom. The molecule has 228 valence electrons. The highest BCUT2D eigenvalue weighted by Crippen LogP contribution is 2.36. The number of hydrogen-bond donors (Lipinski definition) is 2. The van der Waals surface area contributed by atoms with E-state index in [0.717, 1.165) is 34.4 Å². The second kappa shape index (κ2) is 13.6. The van der Waals surface area contributed by atoms with Crippen molar-refractivity contribution in [3.8, 4) is 5.75 Å². The van der Waals surface area contributed by atoms with E-state index in [-0.39, 0.29) is 57.3 Å². The molecule has 0 unspecified atom stereocenters. The number of nitrogens with one attached hydrogen (secondary N) is 1. The van der Waals surface area contributed by atoms with Gasteiger partial charge in [0.05, 0.1) is 11.5 Å². The highest BCUT2D eigenvalue weighted by Gasteiger charge is 2.55. The van der Waals surface area contributed by atoms with E-state index in [9.17, 15) is 23.2 Å². The minimum Gasteiger partial charge on any atom is -0.494 e. The number of thiophene rings is 1. The summed E-state index contributed by atoms with van der Waals surface area (Å²) in [5, 5.41) is 10.5. The van der Waals surface area contributed by atoms with Gasteiger partial charge in [0.15, 0.2) is 4.75 Å². The van der Waals surface area contributed by atoms with Gasteiger partial charge in [-0.2, -0.15) is 4.31 Å². The average Bonchev–Trinajstić information content (AvgIpc) is 3.45. The first-order chi connectivity index (χ1) is 19.8. The van der Waals surface area contributed by atoms with Crippen LogP contribution < -0.4 is 15.1 Å². The summed E-state index contributed by atoms with van der Waals surface area (Å²) in [6, 6.07) is 17.3. The quantitative estimate of drug-likeness (QED) is 0.206. The van der Waals surface area contributed by atoms with Gasteiger partial charge in [-0.15, -0.1) is 23.7 Å². The van der Waals surface area contributed by atoms with Gasteiger partial charge in [-0.1, -0.05) is 31.5 Å². The number of hydroxylamine groups is 1. The first-order valence-electron chi connectivity index (χ1n) is 14.0. The molecular weight excluding hydrogens is 600 g/mol. The maximum Gasteiger partial charge on any atom is 0.266 e. The number of likely N-dealkylation sites (tertiary alicyclic amines) is 1. The summed E-state index contributed by atoms with van der Waals surface area (Å²) in [5.74, 6) is -0.331. The lowest BCUT2D eigenvalue weighted by atomic mass is 9.94. The maximum absolute atomic E-state index is 14.0. The number of piperidine rings is 1. The number of ether oxygens (including phenoxy) is 1. The number of benzene rings is 2. The molecule has 1 aromatic heterocycles. The number of rotatable bonds is 9. The summed E-state index contributed by atoms with van der Waals surface area (Å²) in [4.78, 5) is 30.5. The van der Waals surface area contributed by atoms with Crippen molar-refractivity contribution in [2.24, 2.45) is 0 Å². The fourth-order valence-corrected chi connectivity index (χ4v) is 8.69. The zero-order valence-corrected chi connectivity index (χ0v) is 26.0. The first-order valence-corrected chi connectivity index (χ1v) is 16.2. The maximum atomic E-state index is 14.0. The largest absolute Gasteiger partial charge is 0.494 e. The number of carbonyl (C=O) groups excluding carboxylic acids is 2. The van der Waals surface area contributed by atoms with Crippen LogP contribution in [0.25, 0.3) is 10.1 Å². The summed E-state index contributed by atoms with van der Waals surface area (Å²) < 4.78 is 34.2. The molecule has 0 bridgehead atoms. The topological polar surface area (TPSA) is 119 Å². The van der Waals surface area contributed by atoms with Crippen molar-refractivity contribution in [2.75, 3.05) is 50.8 Å². The number of anilines is 1. The number of halogens is 1. The Bertz CT molecular complexity index is 1450. The van der Waals surface area contributed by atoms with Crippen LogP contribution in [0, 0.1) is 0 Å². The summed E-state index contributed by atoms with van der Waals surface area (Å²) >= 11 is 1.39. The van der Waals surface area contributed by atoms with E-state index >= 15 is 0 Å². The van der Waals surface area contributed by atoms with Crippen molar-refractivity contribution >= 4 is 61.4 Å². The van der Waals surface area contributed by atoms with E-state index in [2.05, 4.69) is 11.8 Å². The average molecular weight is 637 g/mol. The molecule has 10 nitrogen and oxygen atoms in total. The highest BCUT2D eigenvalue weighted by molar-refractivity contribution is 7.91. The van der Waals surface area contributed by atoms with Crippen LogP contribution in [0.3, 0.4) is 0 Å². The Morgan fingerprint density at radius 2 is 1.67 bits per heavy atom. The van der Waals surface area contributed by atoms with Crippen molar-refractivity contribution < 1.29 is 28.0 Å². The van der Waals surface area contributed by atoms with E-state index < -0.39 is 20.7 Å². The molecule has 2 aromatic carbocycles. The molecule has 0 aliphatic carbocycles. The molecule has 2 N–H and O–H groups in total. The molecule has 0 saturated carbocycles. The summed E-state index contributed by atoms with van der Waals surface area (Å²) in [6.45, 7) is 4.31. The number of hydrogen-bond acceptors (Lipinski definition) is 8. The van der Waals surface area contributed by atoms with Crippen LogP contribution in [-0.2, 0) is 14.8 Å². The lowest BCUT2D eigenvalue weighted by Gasteiger charge is -2.44. The standard InChI is InChI=1S/C29H36N4O6S2.ClH/c1-2-3-20-39-24-10-8-23(9-11-24)31-16-18-33(19-17-31)41(37,38)29(28(35)30-36)12-14-32(15-13-29)27(34)26-21-22-6-4-5-7-25(22)40-26;/h4-11,21,36H,2-3,12-20H2,1H3,(H,30,35);1H. The number of carbonyl (C=O) groups is 2. The van der Waals surface area contributed by atoms with Gasteiger partial charge in [0.2, 0.25) is 10.0 Å². The van der Waals surface area contributed by atoms with Crippen LogP contribution >= 0.6 is 23.7 Å². The monoisotopic (exact) mass is 636 g/mol. The zero-order chi connectivity index (χ0) is 29.0. The number of unbranched alkanes of at least 4 members (excludes halogenated alkanes) is 1. The third-order valence-electron chi connectivity index (χ3n) is 8.05. The number of piperazine rings is 1.